The van der Waals surface area contributed by atoms with Crippen molar-refractivity contribution in [2.24, 2.45) is 11.7 Å². The highest BCUT2D eigenvalue weighted by Crippen LogP contribution is 2.27. The van der Waals surface area contributed by atoms with E-state index >= 15 is 0 Å². The normalized spacial score (nSPS) is 24.3. The predicted octanol–water partition coefficient (Wildman–Crippen LogP) is 2.90. The van der Waals surface area contributed by atoms with Gasteiger partial charge in [-0.1, -0.05) is 24.3 Å². The molecule has 1 fully saturated rings. The molecule has 2 atom stereocenters. The highest BCUT2D eigenvalue weighted by molar-refractivity contribution is 5.78. The minimum atomic E-state index is 0.417. The van der Waals surface area contributed by atoms with E-state index in [9.17, 15) is 0 Å². The second-order valence-corrected chi connectivity index (χ2v) is 5.14. The minimum absolute atomic E-state index is 0.417. The van der Waals surface area contributed by atoms with Gasteiger partial charge in [-0.2, -0.15) is 0 Å². The summed E-state index contributed by atoms with van der Waals surface area (Å²) >= 11 is 0. The summed E-state index contributed by atoms with van der Waals surface area (Å²) in [6, 6.07) is 13.0. The second-order valence-electron chi connectivity index (χ2n) is 5.14. The van der Waals surface area contributed by atoms with E-state index in [1.165, 1.54) is 23.9 Å². The van der Waals surface area contributed by atoms with Crippen molar-refractivity contribution < 1.29 is 0 Å². The first-order valence-corrected chi connectivity index (χ1v) is 6.41. The van der Waals surface area contributed by atoms with Crippen LogP contribution in [-0.2, 0) is 6.42 Å². The molecular weight excluding hydrogens is 208 g/mol. The number of nitrogens with two attached hydrogens (primary N) is 1. The number of fused-ring (bicyclic) bond motifs is 1. The van der Waals surface area contributed by atoms with Gasteiger partial charge < -0.3 is 5.73 Å². The molecule has 0 amide bonds. The molecule has 2 unspecified atom stereocenters. The van der Waals surface area contributed by atoms with Crippen LogP contribution < -0.4 is 5.73 Å². The van der Waals surface area contributed by atoms with Crippen LogP contribution >= 0.6 is 0 Å². The van der Waals surface area contributed by atoms with E-state index in [0.717, 1.165) is 24.3 Å². The molecule has 1 heterocycles. The Morgan fingerprint density at radius 2 is 2.00 bits per heavy atom. The number of hydrogen-bond donors (Lipinski definition) is 1. The molecule has 88 valence electrons. The lowest BCUT2D eigenvalue weighted by Crippen LogP contribution is -2.15. The van der Waals surface area contributed by atoms with Gasteiger partial charge in [0.1, 0.15) is 0 Å². The van der Waals surface area contributed by atoms with Crippen LogP contribution in [0.25, 0.3) is 10.9 Å². The molecule has 0 radical (unpaired) electrons. The average Bonchev–Trinajstić information content (AvgIpc) is 2.75. The van der Waals surface area contributed by atoms with Crippen molar-refractivity contribution in [1.29, 1.82) is 0 Å². The molecule has 1 aliphatic rings. The lowest BCUT2D eigenvalue weighted by molar-refractivity contribution is 0.529. The fourth-order valence-corrected chi connectivity index (χ4v) is 2.82. The molecule has 1 aromatic carbocycles. The number of aromatic nitrogens is 1. The molecular formula is C15H18N2. The Morgan fingerprint density at radius 1 is 1.12 bits per heavy atom. The van der Waals surface area contributed by atoms with Crippen LogP contribution in [0.2, 0.25) is 0 Å². The summed E-state index contributed by atoms with van der Waals surface area (Å²) in [5.41, 5.74) is 8.26. The summed E-state index contributed by atoms with van der Waals surface area (Å²) in [5.74, 6) is 0.735. The largest absolute Gasteiger partial charge is 0.328 e. The molecule has 3 rings (SSSR count). The third kappa shape index (κ3) is 2.32. The van der Waals surface area contributed by atoms with Gasteiger partial charge in [-0.15, -0.1) is 0 Å². The van der Waals surface area contributed by atoms with E-state index in [2.05, 4.69) is 30.3 Å². The number of nitrogens with zero attached hydrogens (tertiary/aromatic N) is 1. The van der Waals surface area contributed by atoms with Crippen LogP contribution in [-0.4, -0.2) is 11.0 Å². The summed E-state index contributed by atoms with van der Waals surface area (Å²) in [4.78, 5) is 4.72. The van der Waals surface area contributed by atoms with Gasteiger partial charge in [0.2, 0.25) is 0 Å². The fraction of sp³-hybridized carbons (Fsp3) is 0.400. The van der Waals surface area contributed by atoms with E-state index in [1.54, 1.807) is 0 Å². The average molecular weight is 226 g/mol. The number of hydrogen-bond acceptors (Lipinski definition) is 2. The van der Waals surface area contributed by atoms with Crippen molar-refractivity contribution in [3.8, 4) is 0 Å². The van der Waals surface area contributed by atoms with Crippen molar-refractivity contribution >= 4 is 10.9 Å². The highest BCUT2D eigenvalue weighted by atomic mass is 14.7. The first-order valence-electron chi connectivity index (χ1n) is 6.41. The Labute approximate surface area is 102 Å². The Balaban J connectivity index is 1.81. The molecule has 0 bridgehead atoms. The molecule has 2 aromatic rings. The number of rotatable bonds is 2. The lowest BCUT2D eigenvalue weighted by atomic mass is 10.0. The maximum atomic E-state index is 5.95. The van der Waals surface area contributed by atoms with E-state index in [4.69, 9.17) is 10.7 Å². The molecule has 0 aliphatic heterocycles. The van der Waals surface area contributed by atoms with Crippen molar-refractivity contribution in [3.05, 3.63) is 42.1 Å². The summed E-state index contributed by atoms with van der Waals surface area (Å²) in [6.45, 7) is 0. The van der Waals surface area contributed by atoms with E-state index in [1.807, 2.05) is 6.07 Å². The number of benzene rings is 1. The summed E-state index contributed by atoms with van der Waals surface area (Å²) in [5, 5.41) is 1.22. The molecule has 1 saturated carbocycles. The van der Waals surface area contributed by atoms with Crippen molar-refractivity contribution in [3.63, 3.8) is 0 Å². The van der Waals surface area contributed by atoms with Gasteiger partial charge in [0.15, 0.2) is 0 Å². The summed E-state index contributed by atoms with van der Waals surface area (Å²) in [6.07, 6.45) is 4.68. The van der Waals surface area contributed by atoms with Crippen molar-refractivity contribution in [2.45, 2.75) is 31.7 Å². The van der Waals surface area contributed by atoms with Crippen LogP contribution in [0, 0.1) is 5.92 Å². The predicted molar refractivity (Wildman–Crippen MR) is 70.8 cm³/mol. The van der Waals surface area contributed by atoms with E-state index in [-0.39, 0.29) is 0 Å². The van der Waals surface area contributed by atoms with E-state index in [0.29, 0.717) is 6.04 Å². The summed E-state index contributed by atoms with van der Waals surface area (Å²) < 4.78 is 0. The smallest absolute Gasteiger partial charge is 0.0705 e. The minimum Gasteiger partial charge on any atom is -0.328 e. The Bertz CT molecular complexity index is 521. The Morgan fingerprint density at radius 3 is 2.82 bits per heavy atom. The molecule has 0 saturated heterocycles. The number of pyridine rings is 1. The molecule has 2 nitrogen and oxygen atoms in total. The van der Waals surface area contributed by atoms with Crippen LogP contribution in [0.4, 0.5) is 0 Å². The zero-order chi connectivity index (χ0) is 11.7. The zero-order valence-corrected chi connectivity index (χ0v) is 9.97. The molecule has 1 aliphatic carbocycles. The Hall–Kier alpha value is -1.41. The van der Waals surface area contributed by atoms with Crippen LogP contribution in [0.15, 0.2) is 36.4 Å². The second kappa shape index (κ2) is 4.46. The van der Waals surface area contributed by atoms with Crippen LogP contribution in [0.1, 0.15) is 25.0 Å². The van der Waals surface area contributed by atoms with E-state index < -0.39 is 0 Å². The third-order valence-corrected chi connectivity index (χ3v) is 3.74. The first-order chi connectivity index (χ1) is 8.31. The van der Waals surface area contributed by atoms with Crippen molar-refractivity contribution in [1.82, 2.24) is 4.98 Å². The highest BCUT2D eigenvalue weighted by Gasteiger charge is 2.22. The van der Waals surface area contributed by atoms with Gasteiger partial charge in [0.25, 0.3) is 0 Å². The van der Waals surface area contributed by atoms with Crippen LogP contribution in [0.5, 0.6) is 0 Å². The van der Waals surface area contributed by atoms with Crippen LogP contribution in [0.3, 0.4) is 0 Å². The first kappa shape index (κ1) is 10.7. The van der Waals surface area contributed by atoms with Gasteiger partial charge >= 0.3 is 0 Å². The quantitative estimate of drug-likeness (QED) is 0.855. The number of para-hydroxylation sites is 1. The topological polar surface area (TPSA) is 38.9 Å². The third-order valence-electron chi connectivity index (χ3n) is 3.74. The molecule has 17 heavy (non-hydrogen) atoms. The summed E-state index contributed by atoms with van der Waals surface area (Å²) in [7, 11) is 0. The molecule has 1 aromatic heterocycles. The van der Waals surface area contributed by atoms with Gasteiger partial charge in [0.05, 0.1) is 5.52 Å². The lowest BCUT2D eigenvalue weighted by Gasteiger charge is -2.09. The van der Waals surface area contributed by atoms with Gasteiger partial charge in [0, 0.05) is 17.1 Å². The van der Waals surface area contributed by atoms with Gasteiger partial charge in [-0.3, -0.25) is 4.98 Å². The van der Waals surface area contributed by atoms with Crippen molar-refractivity contribution in [2.75, 3.05) is 0 Å². The molecule has 2 N–H and O–H groups in total. The monoisotopic (exact) mass is 226 g/mol. The van der Waals surface area contributed by atoms with Gasteiger partial charge in [-0.25, -0.2) is 0 Å². The zero-order valence-electron chi connectivity index (χ0n) is 9.97. The molecule has 2 heteroatoms. The Kier molecular flexibility index (Phi) is 2.81. The molecule has 0 spiro atoms. The maximum Gasteiger partial charge on any atom is 0.0705 e. The van der Waals surface area contributed by atoms with Gasteiger partial charge in [-0.05, 0) is 43.7 Å². The SMILES string of the molecule is NC1CCC(Cc2ccc3ccccc3n2)C1. The fourth-order valence-electron chi connectivity index (χ4n) is 2.82. The maximum absolute atomic E-state index is 5.95. The standard InChI is InChI=1S/C15H18N2/c16-13-7-5-11(9-13)10-14-8-6-12-3-1-2-4-15(12)17-14/h1-4,6,8,11,13H,5,7,9-10,16H2.